The Kier molecular flexibility index (Phi) is 8.75. The van der Waals surface area contributed by atoms with Gasteiger partial charge in [-0.05, 0) is 78.1 Å². The van der Waals surface area contributed by atoms with Gasteiger partial charge in [0.25, 0.3) is 0 Å². The van der Waals surface area contributed by atoms with Gasteiger partial charge in [0.05, 0.1) is 31.9 Å². The summed E-state index contributed by atoms with van der Waals surface area (Å²) in [6.45, 7) is 6.73. The van der Waals surface area contributed by atoms with Crippen molar-refractivity contribution >= 4 is 15.9 Å². The van der Waals surface area contributed by atoms with Gasteiger partial charge in [-0.25, -0.2) is 0 Å². The zero-order valence-electron chi connectivity index (χ0n) is 16.4. The predicted molar refractivity (Wildman–Crippen MR) is 111 cm³/mol. The van der Waals surface area contributed by atoms with Gasteiger partial charge in [-0.1, -0.05) is 6.07 Å². The van der Waals surface area contributed by atoms with Crippen molar-refractivity contribution in [1.82, 2.24) is 5.32 Å². The van der Waals surface area contributed by atoms with Crippen molar-refractivity contribution in [2.24, 2.45) is 0 Å². The Morgan fingerprint density at radius 1 is 0.852 bits per heavy atom. The van der Waals surface area contributed by atoms with E-state index in [1.54, 1.807) is 14.2 Å². The lowest BCUT2D eigenvalue weighted by atomic mass is 10.1. The van der Waals surface area contributed by atoms with Gasteiger partial charge in [-0.3, -0.25) is 0 Å². The van der Waals surface area contributed by atoms with Crippen molar-refractivity contribution in [2.45, 2.75) is 26.8 Å². The van der Waals surface area contributed by atoms with Crippen LogP contribution in [-0.2, 0) is 13.0 Å². The van der Waals surface area contributed by atoms with E-state index in [1.165, 1.54) is 5.56 Å². The Morgan fingerprint density at radius 3 is 2.22 bits per heavy atom. The van der Waals surface area contributed by atoms with Gasteiger partial charge < -0.3 is 24.3 Å². The molecule has 0 unspecified atom stereocenters. The third-order valence-corrected chi connectivity index (χ3v) is 4.61. The van der Waals surface area contributed by atoms with Crippen LogP contribution >= 0.6 is 15.9 Å². The van der Waals surface area contributed by atoms with Crippen LogP contribution in [0.4, 0.5) is 0 Å². The molecule has 0 fully saturated rings. The van der Waals surface area contributed by atoms with E-state index in [-0.39, 0.29) is 0 Å². The molecular weight excluding hydrogens is 410 g/mol. The molecule has 0 aliphatic rings. The molecule has 0 saturated carbocycles. The number of benzene rings is 2. The number of nitrogens with one attached hydrogen (secondary N) is 1. The van der Waals surface area contributed by atoms with E-state index in [0.717, 1.165) is 52.5 Å². The van der Waals surface area contributed by atoms with Crippen molar-refractivity contribution in [3.63, 3.8) is 0 Å². The van der Waals surface area contributed by atoms with Gasteiger partial charge >= 0.3 is 0 Å². The number of methoxy groups -OCH3 is 2. The van der Waals surface area contributed by atoms with Gasteiger partial charge in [-0.15, -0.1) is 0 Å². The van der Waals surface area contributed by atoms with Gasteiger partial charge in [0, 0.05) is 6.54 Å². The van der Waals surface area contributed by atoms with E-state index >= 15 is 0 Å². The molecule has 0 aliphatic heterocycles. The average Bonchev–Trinajstić information content (AvgIpc) is 2.68. The van der Waals surface area contributed by atoms with Crippen LogP contribution < -0.4 is 24.3 Å². The van der Waals surface area contributed by atoms with E-state index < -0.39 is 0 Å². The number of rotatable bonds is 11. The molecule has 0 heterocycles. The third-order valence-electron chi connectivity index (χ3n) is 4.03. The summed E-state index contributed by atoms with van der Waals surface area (Å²) < 4.78 is 23.0. The summed E-state index contributed by atoms with van der Waals surface area (Å²) in [6.07, 6.45) is 0.900. The molecule has 0 bridgehead atoms. The summed E-state index contributed by atoms with van der Waals surface area (Å²) in [4.78, 5) is 0. The second-order valence-corrected chi connectivity index (χ2v) is 6.74. The first-order chi connectivity index (χ1) is 13.1. The average molecular weight is 438 g/mol. The highest BCUT2D eigenvalue weighted by atomic mass is 79.9. The maximum absolute atomic E-state index is 5.73. The van der Waals surface area contributed by atoms with Crippen molar-refractivity contribution in [3.8, 4) is 23.0 Å². The standard InChI is InChI=1S/C21H28BrNO4/c1-5-26-20-13-16(11-17(22)21(20)27-6-2)14-23-10-9-15-7-8-18(24-3)19(12-15)25-4/h7-8,11-13,23H,5-6,9-10,14H2,1-4H3. The quantitative estimate of drug-likeness (QED) is 0.520. The molecule has 2 rings (SSSR count). The molecular formula is C21H28BrNO4. The molecule has 0 aromatic heterocycles. The van der Waals surface area contributed by atoms with Crippen LogP contribution in [0.3, 0.4) is 0 Å². The van der Waals surface area contributed by atoms with Crippen molar-refractivity contribution in [3.05, 3.63) is 45.9 Å². The Labute approximate surface area is 170 Å². The SMILES string of the molecule is CCOc1cc(CNCCc2ccc(OC)c(OC)c2)cc(Br)c1OCC. The Morgan fingerprint density at radius 2 is 1.56 bits per heavy atom. The fraction of sp³-hybridized carbons (Fsp3) is 0.429. The van der Waals surface area contributed by atoms with Crippen LogP contribution in [-0.4, -0.2) is 34.0 Å². The first-order valence-corrected chi connectivity index (χ1v) is 9.91. The molecule has 0 spiro atoms. The summed E-state index contributed by atoms with van der Waals surface area (Å²) in [5.74, 6) is 3.03. The molecule has 148 valence electrons. The molecule has 0 atom stereocenters. The highest BCUT2D eigenvalue weighted by Gasteiger charge is 2.12. The summed E-state index contributed by atoms with van der Waals surface area (Å²) >= 11 is 3.59. The number of halogens is 1. The van der Waals surface area contributed by atoms with Crippen LogP contribution in [0.1, 0.15) is 25.0 Å². The molecule has 0 amide bonds. The maximum atomic E-state index is 5.73. The lowest BCUT2D eigenvalue weighted by Gasteiger charge is -2.15. The van der Waals surface area contributed by atoms with Crippen LogP contribution in [0.25, 0.3) is 0 Å². The highest BCUT2D eigenvalue weighted by Crippen LogP contribution is 2.37. The van der Waals surface area contributed by atoms with E-state index in [0.29, 0.717) is 13.2 Å². The molecule has 2 aromatic rings. The zero-order valence-corrected chi connectivity index (χ0v) is 18.0. The molecule has 0 aliphatic carbocycles. The van der Waals surface area contributed by atoms with Crippen molar-refractivity contribution in [1.29, 1.82) is 0 Å². The van der Waals surface area contributed by atoms with Gasteiger partial charge in [0.15, 0.2) is 23.0 Å². The van der Waals surface area contributed by atoms with Crippen molar-refractivity contribution in [2.75, 3.05) is 34.0 Å². The third kappa shape index (κ3) is 6.04. The molecule has 5 nitrogen and oxygen atoms in total. The Hall–Kier alpha value is -1.92. The highest BCUT2D eigenvalue weighted by molar-refractivity contribution is 9.10. The Bertz CT molecular complexity index is 736. The molecule has 27 heavy (non-hydrogen) atoms. The van der Waals surface area contributed by atoms with E-state index in [2.05, 4.69) is 33.4 Å². The number of hydrogen-bond donors (Lipinski definition) is 1. The van der Waals surface area contributed by atoms with Crippen molar-refractivity contribution < 1.29 is 18.9 Å². The largest absolute Gasteiger partial charge is 0.493 e. The second kappa shape index (κ2) is 11.0. The molecule has 0 radical (unpaired) electrons. The summed E-state index contributed by atoms with van der Waals surface area (Å²) in [5, 5.41) is 3.47. The molecule has 0 saturated heterocycles. The lowest BCUT2D eigenvalue weighted by molar-refractivity contribution is 0.286. The smallest absolute Gasteiger partial charge is 0.175 e. The molecule has 6 heteroatoms. The zero-order chi connectivity index (χ0) is 19.6. The topological polar surface area (TPSA) is 49.0 Å². The number of ether oxygens (including phenoxy) is 4. The van der Waals surface area contributed by atoms with E-state index in [1.807, 2.05) is 32.0 Å². The van der Waals surface area contributed by atoms with Crippen LogP contribution in [0.5, 0.6) is 23.0 Å². The first-order valence-electron chi connectivity index (χ1n) is 9.12. The normalized spacial score (nSPS) is 10.6. The summed E-state index contributed by atoms with van der Waals surface area (Å²) in [7, 11) is 3.30. The first kappa shape index (κ1) is 21.4. The summed E-state index contributed by atoms with van der Waals surface area (Å²) in [5.41, 5.74) is 2.34. The number of hydrogen-bond acceptors (Lipinski definition) is 5. The minimum atomic E-state index is 0.599. The van der Waals surface area contributed by atoms with Gasteiger partial charge in [0.1, 0.15) is 0 Å². The monoisotopic (exact) mass is 437 g/mol. The van der Waals surface area contributed by atoms with Crippen LogP contribution in [0.15, 0.2) is 34.8 Å². The fourth-order valence-corrected chi connectivity index (χ4v) is 3.38. The molecule has 2 aromatic carbocycles. The van der Waals surface area contributed by atoms with E-state index in [4.69, 9.17) is 18.9 Å². The van der Waals surface area contributed by atoms with Crippen LogP contribution in [0, 0.1) is 0 Å². The van der Waals surface area contributed by atoms with Gasteiger partial charge in [0.2, 0.25) is 0 Å². The van der Waals surface area contributed by atoms with Crippen LogP contribution in [0.2, 0.25) is 0 Å². The van der Waals surface area contributed by atoms with E-state index in [9.17, 15) is 0 Å². The summed E-state index contributed by atoms with van der Waals surface area (Å²) in [6, 6.07) is 10.1. The molecule has 1 N–H and O–H groups in total. The maximum Gasteiger partial charge on any atom is 0.175 e. The lowest BCUT2D eigenvalue weighted by Crippen LogP contribution is -2.17. The minimum Gasteiger partial charge on any atom is -0.493 e. The predicted octanol–water partition coefficient (Wildman–Crippen LogP) is 4.60. The second-order valence-electron chi connectivity index (χ2n) is 5.89. The Balaban J connectivity index is 1.95. The minimum absolute atomic E-state index is 0.599. The van der Waals surface area contributed by atoms with Gasteiger partial charge in [-0.2, -0.15) is 0 Å². The fourth-order valence-electron chi connectivity index (χ4n) is 2.77.